The first kappa shape index (κ1) is 15.0. The zero-order chi connectivity index (χ0) is 14.6. The predicted molar refractivity (Wildman–Crippen MR) is 77.6 cm³/mol. The Labute approximate surface area is 120 Å². The summed E-state index contributed by atoms with van der Waals surface area (Å²) < 4.78 is 27.9. The highest BCUT2D eigenvalue weighted by molar-refractivity contribution is 7.89. The molecule has 1 saturated carbocycles. The highest BCUT2D eigenvalue weighted by Gasteiger charge is 2.39. The molecule has 1 fully saturated rings. The normalized spacial score (nSPS) is 16.9. The molecule has 5 heteroatoms. The Morgan fingerprint density at radius 1 is 1.35 bits per heavy atom. The highest BCUT2D eigenvalue weighted by Crippen LogP contribution is 2.36. The lowest BCUT2D eigenvalue weighted by Gasteiger charge is -2.41. The maximum atomic E-state index is 12.5. The van der Waals surface area contributed by atoms with E-state index in [1.54, 1.807) is 24.3 Å². The smallest absolute Gasteiger partial charge is 0.242 e. The van der Waals surface area contributed by atoms with Crippen molar-refractivity contribution in [3.05, 3.63) is 29.8 Å². The topological polar surface area (TPSA) is 66.4 Å². The fourth-order valence-electron chi connectivity index (χ4n) is 2.41. The lowest BCUT2D eigenvalue weighted by molar-refractivity contribution is 0.214. The number of rotatable bonds is 4. The Morgan fingerprint density at radius 2 is 2.05 bits per heavy atom. The lowest BCUT2D eigenvalue weighted by Crippen LogP contribution is -2.52. The largest absolute Gasteiger partial charge is 0.384 e. The molecule has 1 aliphatic rings. The summed E-state index contributed by atoms with van der Waals surface area (Å²) in [5.74, 6) is 5.18. The molecule has 1 aliphatic carbocycles. The SMILES string of the molecule is CCC1(NS(=O)(=O)c2ccccc2C#CCO)CCC1. The molecule has 1 aromatic rings. The van der Waals surface area contributed by atoms with Gasteiger partial charge in [-0.2, -0.15) is 0 Å². The molecule has 0 aromatic heterocycles. The third-order valence-corrected chi connectivity index (χ3v) is 5.45. The van der Waals surface area contributed by atoms with Gasteiger partial charge in [0.1, 0.15) is 6.61 Å². The van der Waals surface area contributed by atoms with E-state index in [2.05, 4.69) is 16.6 Å². The van der Waals surface area contributed by atoms with Gasteiger partial charge in [-0.1, -0.05) is 30.9 Å². The van der Waals surface area contributed by atoms with Gasteiger partial charge in [0.05, 0.1) is 4.90 Å². The number of sulfonamides is 1. The van der Waals surface area contributed by atoms with Gasteiger partial charge in [0.15, 0.2) is 0 Å². The average molecular weight is 293 g/mol. The molecule has 0 unspecified atom stereocenters. The van der Waals surface area contributed by atoms with E-state index in [1.165, 1.54) is 0 Å². The van der Waals surface area contributed by atoms with Crippen LogP contribution < -0.4 is 4.72 Å². The lowest BCUT2D eigenvalue weighted by atomic mass is 9.76. The van der Waals surface area contributed by atoms with Crippen LogP contribution in [0.4, 0.5) is 0 Å². The summed E-state index contributed by atoms with van der Waals surface area (Å²) in [5, 5.41) is 8.75. The molecule has 0 bridgehead atoms. The van der Waals surface area contributed by atoms with Crippen LogP contribution in [0.5, 0.6) is 0 Å². The van der Waals surface area contributed by atoms with Crippen LogP contribution in [0.25, 0.3) is 0 Å². The van der Waals surface area contributed by atoms with E-state index in [0.717, 1.165) is 25.7 Å². The molecule has 108 valence electrons. The molecule has 0 spiro atoms. The Hall–Kier alpha value is -1.35. The summed E-state index contributed by atoms with van der Waals surface area (Å²) in [6.45, 7) is 1.71. The van der Waals surface area contributed by atoms with Crippen LogP contribution in [0, 0.1) is 11.8 Å². The van der Waals surface area contributed by atoms with Gasteiger partial charge in [-0.25, -0.2) is 13.1 Å². The quantitative estimate of drug-likeness (QED) is 0.829. The van der Waals surface area contributed by atoms with Crippen LogP contribution in [0.2, 0.25) is 0 Å². The third kappa shape index (κ3) is 3.04. The molecular formula is C15H19NO3S. The Bertz CT molecular complexity index is 631. The van der Waals surface area contributed by atoms with E-state index in [1.807, 2.05) is 6.92 Å². The minimum Gasteiger partial charge on any atom is -0.384 e. The van der Waals surface area contributed by atoms with Crippen molar-refractivity contribution in [2.75, 3.05) is 6.61 Å². The fourth-order valence-corrected chi connectivity index (χ4v) is 4.11. The van der Waals surface area contributed by atoms with E-state index in [4.69, 9.17) is 5.11 Å². The number of hydrogen-bond donors (Lipinski definition) is 2. The first-order valence-corrected chi connectivity index (χ1v) is 8.24. The van der Waals surface area contributed by atoms with E-state index < -0.39 is 10.0 Å². The molecule has 0 aliphatic heterocycles. The molecular weight excluding hydrogens is 274 g/mol. The summed E-state index contributed by atoms with van der Waals surface area (Å²) in [6.07, 6.45) is 3.61. The van der Waals surface area contributed by atoms with Crippen LogP contribution in [-0.2, 0) is 10.0 Å². The summed E-state index contributed by atoms with van der Waals surface area (Å²) in [7, 11) is -3.59. The Kier molecular flexibility index (Phi) is 4.48. The van der Waals surface area contributed by atoms with Gasteiger partial charge < -0.3 is 5.11 Å². The monoisotopic (exact) mass is 293 g/mol. The van der Waals surface area contributed by atoms with Crippen molar-refractivity contribution < 1.29 is 13.5 Å². The zero-order valence-corrected chi connectivity index (χ0v) is 12.3. The second-order valence-electron chi connectivity index (χ2n) is 5.05. The van der Waals surface area contributed by atoms with Gasteiger partial charge in [0, 0.05) is 11.1 Å². The Morgan fingerprint density at radius 3 is 2.60 bits per heavy atom. The zero-order valence-electron chi connectivity index (χ0n) is 11.5. The molecule has 4 nitrogen and oxygen atoms in total. The van der Waals surface area contributed by atoms with Gasteiger partial charge >= 0.3 is 0 Å². The molecule has 0 amide bonds. The van der Waals surface area contributed by atoms with Gasteiger partial charge in [0.2, 0.25) is 10.0 Å². The number of benzene rings is 1. The first-order valence-electron chi connectivity index (χ1n) is 6.76. The van der Waals surface area contributed by atoms with Crippen molar-refractivity contribution in [2.24, 2.45) is 0 Å². The molecule has 0 radical (unpaired) electrons. The standard InChI is InChI=1S/C15H19NO3S/c1-2-15(10-6-11-15)16-20(18,19)14-9-4-3-7-13(14)8-5-12-17/h3-4,7,9,16-17H,2,6,10-12H2,1H3. The van der Waals surface area contributed by atoms with Crippen molar-refractivity contribution in [2.45, 2.75) is 43.0 Å². The molecule has 2 rings (SSSR count). The maximum Gasteiger partial charge on any atom is 0.242 e. The van der Waals surface area contributed by atoms with E-state index in [9.17, 15) is 8.42 Å². The van der Waals surface area contributed by atoms with Crippen LogP contribution in [-0.4, -0.2) is 25.7 Å². The third-order valence-electron chi connectivity index (χ3n) is 3.82. The van der Waals surface area contributed by atoms with Gasteiger partial charge in [-0.3, -0.25) is 0 Å². The summed E-state index contributed by atoms with van der Waals surface area (Å²) >= 11 is 0. The van der Waals surface area contributed by atoms with Crippen molar-refractivity contribution in [3.8, 4) is 11.8 Å². The minimum absolute atomic E-state index is 0.181. The number of aliphatic hydroxyl groups excluding tert-OH is 1. The first-order chi connectivity index (χ1) is 9.53. The molecule has 0 heterocycles. The second kappa shape index (κ2) is 5.96. The van der Waals surface area contributed by atoms with Crippen molar-refractivity contribution in [1.29, 1.82) is 0 Å². The summed E-state index contributed by atoms with van der Waals surface area (Å²) in [5.41, 5.74) is 0.121. The van der Waals surface area contributed by atoms with Gasteiger partial charge in [-0.15, -0.1) is 0 Å². The predicted octanol–water partition coefficient (Wildman–Crippen LogP) is 1.64. The minimum atomic E-state index is -3.59. The van der Waals surface area contributed by atoms with Crippen LogP contribution in [0.3, 0.4) is 0 Å². The maximum absolute atomic E-state index is 12.5. The molecule has 0 atom stereocenters. The molecule has 1 aromatic carbocycles. The van der Waals surface area contributed by atoms with Crippen molar-refractivity contribution in [1.82, 2.24) is 4.72 Å². The van der Waals surface area contributed by atoms with Crippen LogP contribution in [0.1, 0.15) is 38.2 Å². The summed E-state index contributed by atoms with van der Waals surface area (Å²) in [4.78, 5) is 0.181. The summed E-state index contributed by atoms with van der Waals surface area (Å²) in [6, 6.07) is 6.61. The van der Waals surface area contributed by atoms with E-state index in [-0.39, 0.29) is 17.0 Å². The van der Waals surface area contributed by atoms with E-state index >= 15 is 0 Å². The number of nitrogens with one attached hydrogen (secondary N) is 1. The second-order valence-corrected chi connectivity index (χ2v) is 6.70. The van der Waals surface area contributed by atoms with E-state index in [0.29, 0.717) is 5.56 Å². The van der Waals surface area contributed by atoms with Crippen LogP contribution in [0.15, 0.2) is 29.2 Å². The van der Waals surface area contributed by atoms with Gasteiger partial charge in [-0.05, 0) is 37.8 Å². The van der Waals surface area contributed by atoms with Gasteiger partial charge in [0.25, 0.3) is 0 Å². The fraction of sp³-hybridized carbons (Fsp3) is 0.467. The molecule has 0 saturated heterocycles. The molecule has 20 heavy (non-hydrogen) atoms. The van der Waals surface area contributed by atoms with Crippen molar-refractivity contribution in [3.63, 3.8) is 0 Å². The van der Waals surface area contributed by atoms with Crippen molar-refractivity contribution >= 4 is 10.0 Å². The average Bonchev–Trinajstić information content (AvgIpc) is 2.41. The number of aliphatic hydroxyl groups is 1. The number of hydrogen-bond acceptors (Lipinski definition) is 3. The van der Waals surface area contributed by atoms with Crippen LogP contribution >= 0.6 is 0 Å². The highest BCUT2D eigenvalue weighted by atomic mass is 32.2. The Balaban J connectivity index is 2.34. The molecule has 2 N–H and O–H groups in total.